The van der Waals surface area contributed by atoms with E-state index in [9.17, 15) is 19.8 Å². The van der Waals surface area contributed by atoms with Gasteiger partial charge in [0.15, 0.2) is 0 Å². The number of carbonyl (C=O) groups excluding carboxylic acids is 2. The molecule has 0 aliphatic rings. The topological polar surface area (TPSA) is 95.9 Å². The number of rotatable bonds is 49. The standard InChI is InChI=1S/C56H103NO5/c1-3-5-7-9-11-13-15-17-19-21-24-28-32-36-40-44-48-54(59)53(52-58)57-55(60)49-45-41-37-33-29-25-22-20-23-27-31-35-39-43-47-51-62-56(61)50-46-42-38-34-30-26-18-16-14-12-10-8-6-4-2/h10,12,16,18,23,27,44,48,53-54,58-59H,3-9,11,13-15,17,19-22,24-26,28-43,45-47,49-52H2,1-2H3,(H,57,60)/b12-10-,18-16-,27-23-,48-44+. The highest BCUT2D eigenvalue weighted by Crippen LogP contribution is 2.15. The van der Waals surface area contributed by atoms with Crippen LogP contribution in [0.25, 0.3) is 0 Å². The maximum Gasteiger partial charge on any atom is 0.305 e. The summed E-state index contributed by atoms with van der Waals surface area (Å²) in [6.45, 7) is 4.81. The quantitative estimate of drug-likeness (QED) is 0.0322. The Morgan fingerprint density at radius 1 is 0.452 bits per heavy atom. The van der Waals surface area contributed by atoms with Crippen LogP contribution in [-0.4, -0.2) is 47.4 Å². The number of aliphatic hydroxyl groups excluding tert-OH is 2. The number of aliphatic hydroxyl groups is 2. The summed E-state index contributed by atoms with van der Waals surface area (Å²) in [7, 11) is 0. The predicted octanol–water partition coefficient (Wildman–Crippen LogP) is 16.2. The van der Waals surface area contributed by atoms with E-state index in [1.807, 2.05) is 6.08 Å². The molecule has 0 saturated carbocycles. The highest BCUT2D eigenvalue weighted by Gasteiger charge is 2.18. The highest BCUT2D eigenvalue weighted by atomic mass is 16.5. The molecule has 0 fully saturated rings. The molecule has 2 atom stereocenters. The van der Waals surface area contributed by atoms with Gasteiger partial charge in [-0.15, -0.1) is 0 Å². The van der Waals surface area contributed by atoms with E-state index in [0.717, 1.165) is 83.5 Å². The zero-order valence-electron chi connectivity index (χ0n) is 41.1. The largest absolute Gasteiger partial charge is 0.466 e. The molecular formula is C56H103NO5. The highest BCUT2D eigenvalue weighted by molar-refractivity contribution is 5.76. The second-order valence-electron chi connectivity index (χ2n) is 18.2. The Hall–Kier alpha value is -2.18. The summed E-state index contributed by atoms with van der Waals surface area (Å²) in [5, 5.41) is 23.1. The van der Waals surface area contributed by atoms with E-state index in [1.54, 1.807) is 6.08 Å². The van der Waals surface area contributed by atoms with Crippen molar-refractivity contribution < 1.29 is 24.5 Å². The first-order valence-corrected chi connectivity index (χ1v) is 26.9. The van der Waals surface area contributed by atoms with Gasteiger partial charge in [0, 0.05) is 12.8 Å². The molecule has 62 heavy (non-hydrogen) atoms. The SMILES string of the molecule is CCCC/C=C\C/C=C\CCCCCCCC(=O)OCCCCCC/C=C\CCCCCCCCCC(=O)NC(CO)C(O)/C=C/CCCCCCCCCCCCCCCC. The lowest BCUT2D eigenvalue weighted by atomic mass is 10.0. The van der Waals surface area contributed by atoms with Gasteiger partial charge < -0.3 is 20.3 Å². The number of esters is 1. The van der Waals surface area contributed by atoms with Gasteiger partial charge in [-0.25, -0.2) is 0 Å². The van der Waals surface area contributed by atoms with Crippen molar-refractivity contribution in [2.45, 2.75) is 283 Å². The summed E-state index contributed by atoms with van der Waals surface area (Å²) in [4.78, 5) is 24.5. The molecule has 0 aromatic rings. The van der Waals surface area contributed by atoms with Crippen LogP contribution in [0.5, 0.6) is 0 Å². The van der Waals surface area contributed by atoms with Gasteiger partial charge in [-0.3, -0.25) is 9.59 Å². The van der Waals surface area contributed by atoms with Gasteiger partial charge in [0.1, 0.15) is 0 Å². The van der Waals surface area contributed by atoms with E-state index in [0.29, 0.717) is 19.4 Å². The molecule has 6 heteroatoms. The molecule has 362 valence electrons. The van der Waals surface area contributed by atoms with Gasteiger partial charge >= 0.3 is 5.97 Å². The van der Waals surface area contributed by atoms with Crippen LogP contribution in [0.15, 0.2) is 48.6 Å². The molecule has 0 aromatic carbocycles. The van der Waals surface area contributed by atoms with Crippen molar-refractivity contribution in [1.82, 2.24) is 5.32 Å². The van der Waals surface area contributed by atoms with Gasteiger partial charge in [-0.05, 0) is 83.5 Å². The van der Waals surface area contributed by atoms with Crippen LogP contribution in [0.1, 0.15) is 271 Å². The second kappa shape index (κ2) is 51.5. The third kappa shape index (κ3) is 47.3. The molecular weight excluding hydrogens is 767 g/mol. The number of hydrogen-bond acceptors (Lipinski definition) is 5. The number of ether oxygens (including phenoxy) is 1. The van der Waals surface area contributed by atoms with Gasteiger partial charge in [-0.1, -0.05) is 223 Å². The second-order valence-corrected chi connectivity index (χ2v) is 18.2. The lowest BCUT2D eigenvalue weighted by Gasteiger charge is -2.20. The van der Waals surface area contributed by atoms with Crippen molar-refractivity contribution in [1.29, 1.82) is 0 Å². The first-order valence-electron chi connectivity index (χ1n) is 26.9. The molecule has 2 unspecified atom stereocenters. The Kier molecular flexibility index (Phi) is 49.6. The van der Waals surface area contributed by atoms with E-state index in [2.05, 4.69) is 55.6 Å². The Balaban J connectivity index is 3.53. The van der Waals surface area contributed by atoms with Crippen molar-refractivity contribution in [2.24, 2.45) is 0 Å². The number of hydrogen-bond donors (Lipinski definition) is 3. The number of unbranched alkanes of at least 4 members (excludes halogenated alkanes) is 32. The molecule has 0 aliphatic heterocycles. The third-order valence-electron chi connectivity index (χ3n) is 12.1. The Bertz CT molecular complexity index is 1050. The average Bonchev–Trinajstić information content (AvgIpc) is 3.27. The van der Waals surface area contributed by atoms with Crippen LogP contribution < -0.4 is 5.32 Å². The fourth-order valence-corrected chi connectivity index (χ4v) is 7.88. The zero-order chi connectivity index (χ0) is 45.1. The van der Waals surface area contributed by atoms with Crippen LogP contribution in [0, 0.1) is 0 Å². The number of allylic oxidation sites excluding steroid dienone is 7. The van der Waals surface area contributed by atoms with Gasteiger partial charge in [0.05, 0.1) is 25.4 Å². The fourth-order valence-electron chi connectivity index (χ4n) is 7.88. The van der Waals surface area contributed by atoms with Gasteiger partial charge in [-0.2, -0.15) is 0 Å². The molecule has 6 nitrogen and oxygen atoms in total. The molecule has 0 bridgehead atoms. The van der Waals surface area contributed by atoms with E-state index < -0.39 is 12.1 Å². The molecule has 3 N–H and O–H groups in total. The minimum Gasteiger partial charge on any atom is -0.466 e. The number of nitrogens with one attached hydrogen (secondary N) is 1. The van der Waals surface area contributed by atoms with Gasteiger partial charge in [0.2, 0.25) is 5.91 Å². The number of carbonyl (C=O) groups is 2. The van der Waals surface area contributed by atoms with Crippen LogP contribution in [0.2, 0.25) is 0 Å². The monoisotopic (exact) mass is 870 g/mol. The van der Waals surface area contributed by atoms with Crippen LogP contribution in [0.4, 0.5) is 0 Å². The van der Waals surface area contributed by atoms with E-state index in [1.165, 1.54) is 161 Å². The number of amides is 1. The van der Waals surface area contributed by atoms with E-state index >= 15 is 0 Å². The Labute approximate surface area is 385 Å². The summed E-state index contributed by atoms with van der Waals surface area (Å²) in [6.07, 6.45) is 64.0. The van der Waals surface area contributed by atoms with Crippen LogP contribution in [0.3, 0.4) is 0 Å². The van der Waals surface area contributed by atoms with Crippen LogP contribution >= 0.6 is 0 Å². The molecule has 0 saturated heterocycles. The molecule has 0 heterocycles. The summed E-state index contributed by atoms with van der Waals surface area (Å²) >= 11 is 0. The first-order chi connectivity index (χ1) is 30.5. The summed E-state index contributed by atoms with van der Waals surface area (Å²) in [5.41, 5.74) is 0. The molecule has 0 radical (unpaired) electrons. The Morgan fingerprint density at radius 2 is 0.823 bits per heavy atom. The normalized spacial score (nSPS) is 13.0. The fraction of sp³-hybridized carbons (Fsp3) is 0.821. The first kappa shape index (κ1) is 59.8. The van der Waals surface area contributed by atoms with E-state index in [4.69, 9.17) is 4.74 Å². The zero-order valence-corrected chi connectivity index (χ0v) is 41.1. The van der Waals surface area contributed by atoms with Gasteiger partial charge in [0.25, 0.3) is 0 Å². The lowest BCUT2D eigenvalue weighted by Crippen LogP contribution is -2.45. The summed E-state index contributed by atoms with van der Waals surface area (Å²) in [5.74, 6) is -0.111. The average molecular weight is 870 g/mol. The maximum absolute atomic E-state index is 12.4. The summed E-state index contributed by atoms with van der Waals surface area (Å²) in [6, 6.07) is -0.640. The predicted molar refractivity (Wildman–Crippen MR) is 269 cm³/mol. The minimum atomic E-state index is -0.855. The smallest absolute Gasteiger partial charge is 0.305 e. The van der Waals surface area contributed by atoms with Crippen LogP contribution in [-0.2, 0) is 14.3 Å². The maximum atomic E-state index is 12.4. The van der Waals surface area contributed by atoms with Crippen molar-refractivity contribution in [3.63, 3.8) is 0 Å². The van der Waals surface area contributed by atoms with Crippen molar-refractivity contribution in [2.75, 3.05) is 13.2 Å². The summed E-state index contributed by atoms with van der Waals surface area (Å²) < 4.78 is 5.44. The van der Waals surface area contributed by atoms with Crippen molar-refractivity contribution >= 4 is 11.9 Å². The molecule has 1 amide bonds. The Morgan fingerprint density at radius 3 is 1.29 bits per heavy atom. The molecule has 0 aliphatic carbocycles. The van der Waals surface area contributed by atoms with Crippen molar-refractivity contribution in [3.8, 4) is 0 Å². The van der Waals surface area contributed by atoms with E-state index in [-0.39, 0.29) is 18.5 Å². The lowest BCUT2D eigenvalue weighted by molar-refractivity contribution is -0.143. The van der Waals surface area contributed by atoms with Crippen molar-refractivity contribution in [3.05, 3.63) is 48.6 Å². The molecule has 0 rings (SSSR count). The molecule has 0 spiro atoms. The third-order valence-corrected chi connectivity index (χ3v) is 12.1. The molecule has 0 aromatic heterocycles. The minimum absolute atomic E-state index is 0.0265.